The van der Waals surface area contributed by atoms with Gasteiger partial charge < -0.3 is 20.9 Å². The Balaban J connectivity index is 1.31. The van der Waals surface area contributed by atoms with Crippen LogP contribution >= 0.6 is 0 Å². The van der Waals surface area contributed by atoms with E-state index >= 15 is 0 Å². The number of nitrogens with two attached hydrogens (primary N) is 2. The molecule has 0 radical (unpaired) electrons. The molecule has 0 aliphatic rings. The lowest BCUT2D eigenvalue weighted by Crippen LogP contribution is -2.21. The van der Waals surface area contributed by atoms with Gasteiger partial charge in [0.25, 0.3) is 0 Å². The summed E-state index contributed by atoms with van der Waals surface area (Å²) >= 11 is 0. The van der Waals surface area contributed by atoms with Crippen molar-refractivity contribution in [2.45, 2.75) is 50.9 Å². The molecule has 0 fully saturated rings. The van der Waals surface area contributed by atoms with Crippen molar-refractivity contribution in [3.8, 4) is 23.0 Å². The van der Waals surface area contributed by atoms with Crippen molar-refractivity contribution in [2.75, 3.05) is 11.5 Å². The summed E-state index contributed by atoms with van der Waals surface area (Å²) in [6.07, 6.45) is -9.23. The zero-order chi connectivity index (χ0) is 35.1. The van der Waals surface area contributed by atoms with Crippen LogP contribution in [-0.4, -0.2) is 0 Å². The number of hydrogen-bond donors (Lipinski definition) is 2. The molecule has 0 atom stereocenters. The zero-order valence-corrected chi connectivity index (χ0v) is 26.6. The van der Waals surface area contributed by atoms with Crippen LogP contribution < -0.4 is 20.9 Å². The Morgan fingerprint density at radius 1 is 0.417 bits per heavy atom. The molecular weight excluding hydrogens is 630 g/mol. The van der Waals surface area contributed by atoms with Gasteiger partial charge in [0.15, 0.2) is 0 Å². The largest absolute Gasteiger partial charge is 0.457 e. The normalized spacial score (nSPS) is 12.5. The van der Waals surface area contributed by atoms with Crippen molar-refractivity contribution >= 4 is 11.4 Å². The van der Waals surface area contributed by atoms with Crippen LogP contribution in [0, 0.1) is 0 Å². The van der Waals surface area contributed by atoms with Crippen LogP contribution in [0.1, 0.15) is 61.1 Å². The summed E-state index contributed by atoms with van der Waals surface area (Å²) < 4.78 is 92.2. The first-order valence-corrected chi connectivity index (χ1v) is 15.0. The average Bonchev–Trinajstić information content (AvgIpc) is 3.02. The van der Waals surface area contributed by atoms with Gasteiger partial charge in [-0.15, -0.1) is 0 Å². The molecule has 0 spiro atoms. The first-order valence-electron chi connectivity index (χ1n) is 15.0. The Labute approximate surface area is 274 Å². The molecule has 48 heavy (non-hydrogen) atoms. The van der Waals surface area contributed by atoms with Gasteiger partial charge in [0.2, 0.25) is 0 Å². The van der Waals surface area contributed by atoms with Gasteiger partial charge in [-0.3, -0.25) is 0 Å². The molecule has 0 aromatic heterocycles. The molecule has 0 amide bonds. The summed E-state index contributed by atoms with van der Waals surface area (Å²) in [4.78, 5) is 0. The molecule has 5 aromatic carbocycles. The molecule has 4 nitrogen and oxygen atoms in total. The highest BCUT2D eigenvalue weighted by atomic mass is 19.4. The van der Waals surface area contributed by atoms with E-state index < -0.39 is 34.3 Å². The van der Waals surface area contributed by atoms with Crippen molar-refractivity contribution in [1.29, 1.82) is 0 Å². The SMILES string of the molecule is CC(C)(c1ccc(Oc2ccc(N)cc2C(F)(F)F)cc1)c1ccc(C(C)(C)c2ccc(Oc3ccc(N)cc3C(F)(F)F)cc2)cc1. The van der Waals surface area contributed by atoms with Crippen molar-refractivity contribution in [3.63, 3.8) is 0 Å². The first kappa shape index (κ1) is 34.2. The molecule has 0 aliphatic carbocycles. The van der Waals surface area contributed by atoms with Gasteiger partial charge in [-0.1, -0.05) is 76.2 Å². The maximum Gasteiger partial charge on any atom is 0.420 e. The molecule has 0 unspecified atom stereocenters. The van der Waals surface area contributed by atoms with E-state index in [9.17, 15) is 26.3 Å². The van der Waals surface area contributed by atoms with Crippen LogP contribution in [-0.2, 0) is 23.2 Å². The van der Waals surface area contributed by atoms with E-state index in [4.69, 9.17) is 20.9 Å². The fourth-order valence-electron chi connectivity index (χ4n) is 5.49. The van der Waals surface area contributed by atoms with E-state index in [1.165, 1.54) is 24.3 Å². The second-order valence-electron chi connectivity index (χ2n) is 12.6. The molecule has 250 valence electrons. The Kier molecular flexibility index (Phi) is 8.90. The smallest absolute Gasteiger partial charge is 0.420 e. The standard InChI is InChI=1S/C38H34F6N2O2/c1-35(2,25-9-15-29(16-10-25)47-33-19-13-27(45)21-31(33)37(39,40)41)23-5-7-24(8-6-23)36(3,4)26-11-17-30(18-12-26)48-34-20-14-28(46)22-32(34)38(42,43)44/h5-22H,45-46H2,1-4H3. The monoisotopic (exact) mass is 664 g/mol. The maximum absolute atomic E-state index is 13.5. The average molecular weight is 665 g/mol. The van der Waals surface area contributed by atoms with Crippen molar-refractivity contribution in [1.82, 2.24) is 0 Å². The third kappa shape index (κ3) is 7.22. The van der Waals surface area contributed by atoms with E-state index in [-0.39, 0.29) is 34.4 Å². The van der Waals surface area contributed by atoms with Gasteiger partial charge in [-0.2, -0.15) is 26.3 Å². The molecule has 0 saturated carbocycles. The number of benzene rings is 5. The van der Waals surface area contributed by atoms with Gasteiger partial charge >= 0.3 is 12.4 Å². The summed E-state index contributed by atoms with van der Waals surface area (Å²) in [5, 5.41) is 0. The topological polar surface area (TPSA) is 70.5 Å². The van der Waals surface area contributed by atoms with E-state index in [1.807, 2.05) is 48.5 Å². The van der Waals surface area contributed by atoms with E-state index in [2.05, 4.69) is 27.7 Å². The number of halogens is 6. The predicted molar refractivity (Wildman–Crippen MR) is 175 cm³/mol. The van der Waals surface area contributed by atoms with Gasteiger partial charge in [-0.05, 0) is 82.9 Å². The lowest BCUT2D eigenvalue weighted by Gasteiger charge is -2.30. The number of anilines is 2. The number of nitrogen functional groups attached to an aromatic ring is 2. The van der Waals surface area contributed by atoms with E-state index in [1.54, 1.807) is 24.3 Å². The maximum atomic E-state index is 13.5. The second-order valence-corrected chi connectivity index (χ2v) is 12.6. The highest BCUT2D eigenvalue weighted by Crippen LogP contribution is 2.42. The summed E-state index contributed by atoms with van der Waals surface area (Å²) in [7, 11) is 0. The molecular formula is C38H34F6N2O2. The Hall–Kier alpha value is -5.12. The van der Waals surface area contributed by atoms with E-state index in [0.29, 0.717) is 0 Å². The molecule has 0 bridgehead atoms. The van der Waals surface area contributed by atoms with Crippen molar-refractivity contribution < 1.29 is 35.8 Å². The Morgan fingerprint density at radius 2 is 0.688 bits per heavy atom. The van der Waals surface area contributed by atoms with Crippen LogP contribution in [0.5, 0.6) is 23.0 Å². The van der Waals surface area contributed by atoms with Crippen LogP contribution in [0.15, 0.2) is 109 Å². The lowest BCUT2D eigenvalue weighted by molar-refractivity contribution is -0.139. The first-order chi connectivity index (χ1) is 22.4. The second kappa shape index (κ2) is 12.5. The minimum Gasteiger partial charge on any atom is -0.457 e. The van der Waals surface area contributed by atoms with Crippen molar-refractivity contribution in [2.24, 2.45) is 0 Å². The Morgan fingerprint density at radius 3 is 0.958 bits per heavy atom. The quantitative estimate of drug-likeness (QED) is 0.128. The highest BCUT2D eigenvalue weighted by molar-refractivity contribution is 5.52. The number of alkyl halides is 6. The molecule has 0 heterocycles. The minimum atomic E-state index is -4.62. The number of rotatable bonds is 8. The third-order valence-corrected chi connectivity index (χ3v) is 8.55. The fraction of sp³-hybridized carbons (Fsp3) is 0.211. The summed E-state index contributed by atoms with van der Waals surface area (Å²) in [6, 6.07) is 28.8. The van der Waals surface area contributed by atoms with Gasteiger partial charge in [0.05, 0.1) is 0 Å². The summed E-state index contributed by atoms with van der Waals surface area (Å²) in [5.74, 6) is -0.150. The molecule has 5 rings (SSSR count). The zero-order valence-electron chi connectivity index (χ0n) is 26.6. The molecule has 5 aromatic rings. The van der Waals surface area contributed by atoms with Crippen LogP contribution in [0.2, 0.25) is 0 Å². The summed E-state index contributed by atoms with van der Waals surface area (Å²) in [5.41, 5.74) is 12.2. The van der Waals surface area contributed by atoms with Crippen LogP contribution in [0.25, 0.3) is 0 Å². The van der Waals surface area contributed by atoms with Crippen molar-refractivity contribution in [3.05, 3.63) is 143 Å². The Bertz CT molecular complexity index is 1760. The molecule has 4 N–H and O–H groups in total. The predicted octanol–water partition coefficient (Wildman–Crippen LogP) is 11.1. The third-order valence-electron chi connectivity index (χ3n) is 8.55. The highest BCUT2D eigenvalue weighted by Gasteiger charge is 2.36. The van der Waals surface area contributed by atoms with Gasteiger partial charge in [-0.25, -0.2) is 0 Å². The summed E-state index contributed by atoms with van der Waals surface area (Å²) in [6.45, 7) is 8.20. The number of hydrogen-bond acceptors (Lipinski definition) is 4. The van der Waals surface area contributed by atoms with Gasteiger partial charge in [0.1, 0.15) is 34.1 Å². The number of ether oxygens (including phenoxy) is 2. The van der Waals surface area contributed by atoms with Crippen LogP contribution in [0.4, 0.5) is 37.7 Å². The van der Waals surface area contributed by atoms with Gasteiger partial charge in [0, 0.05) is 22.2 Å². The van der Waals surface area contributed by atoms with E-state index in [0.717, 1.165) is 34.4 Å². The molecule has 0 saturated heterocycles. The van der Waals surface area contributed by atoms with Crippen LogP contribution in [0.3, 0.4) is 0 Å². The molecule has 0 aliphatic heterocycles. The molecule has 10 heteroatoms. The fourth-order valence-corrected chi connectivity index (χ4v) is 5.49. The lowest BCUT2D eigenvalue weighted by atomic mass is 9.74. The minimum absolute atomic E-state index is 0.00918.